The van der Waals surface area contributed by atoms with E-state index in [2.05, 4.69) is 10.6 Å². The highest BCUT2D eigenvalue weighted by Crippen LogP contribution is 2.30. The summed E-state index contributed by atoms with van der Waals surface area (Å²) in [6.45, 7) is 8.75. The summed E-state index contributed by atoms with van der Waals surface area (Å²) in [6, 6.07) is 7.13. The molecule has 1 aromatic rings. The van der Waals surface area contributed by atoms with Crippen LogP contribution in [-0.4, -0.2) is 133 Å². The summed E-state index contributed by atoms with van der Waals surface area (Å²) in [6.07, 6.45) is 2.55. The maximum Gasteiger partial charge on any atom is 0.326 e. The second-order valence-electron chi connectivity index (χ2n) is 14.2. The number of carbonyl (C=O) groups excluding carboxylic acids is 4. The molecule has 13 nitrogen and oxygen atoms in total. The first-order valence-electron chi connectivity index (χ1n) is 17.9. The first kappa shape index (κ1) is 40.9. The van der Waals surface area contributed by atoms with Crippen LogP contribution < -0.4 is 10.6 Å². The van der Waals surface area contributed by atoms with Crippen molar-refractivity contribution >= 4 is 29.6 Å². The van der Waals surface area contributed by atoms with Gasteiger partial charge < -0.3 is 35.0 Å². The van der Waals surface area contributed by atoms with E-state index in [1.54, 1.807) is 23.8 Å². The van der Waals surface area contributed by atoms with Crippen LogP contribution in [0.1, 0.15) is 71.8 Å². The quantitative estimate of drug-likeness (QED) is 0.209. The number of hydrogen-bond acceptors (Lipinski definition) is 8. The van der Waals surface area contributed by atoms with Crippen molar-refractivity contribution < 1.29 is 38.6 Å². The minimum atomic E-state index is -1.14. The van der Waals surface area contributed by atoms with Gasteiger partial charge in [0.25, 0.3) is 0 Å². The fourth-order valence-corrected chi connectivity index (χ4v) is 7.53. The number of carboxylic acid groups (broad SMARTS) is 1. The van der Waals surface area contributed by atoms with Gasteiger partial charge in [-0.25, -0.2) is 4.79 Å². The lowest BCUT2D eigenvalue weighted by Gasteiger charge is -2.39. The number of carboxylic acids is 1. The van der Waals surface area contributed by atoms with Gasteiger partial charge >= 0.3 is 5.97 Å². The monoisotopic (exact) mass is 701 g/mol. The molecule has 0 spiro atoms. The number of rotatable bonds is 18. The SMILES string of the molecule is CC[C@H](C)[C@@H](C(CC(=O)N1CCC[C@H]1C(OC)[C@@H](C)C(=O)N[C@@H](Cc1ccccc1)C(=O)O)OC)N(C)C(=O)CNC(=O)[C@]1(C)CCCN1C. The van der Waals surface area contributed by atoms with Crippen molar-refractivity contribution in [3.8, 4) is 0 Å². The molecule has 0 aliphatic carbocycles. The molecule has 2 fully saturated rings. The molecule has 3 N–H and O–H groups in total. The van der Waals surface area contributed by atoms with Crippen LogP contribution in [0.4, 0.5) is 0 Å². The van der Waals surface area contributed by atoms with Crippen molar-refractivity contribution in [2.24, 2.45) is 11.8 Å². The zero-order valence-corrected chi connectivity index (χ0v) is 31.1. The molecular weight excluding hydrogens is 642 g/mol. The predicted molar refractivity (Wildman–Crippen MR) is 189 cm³/mol. The lowest BCUT2D eigenvalue weighted by atomic mass is 9.90. The number of aliphatic carboxylic acids is 1. The Morgan fingerprint density at radius 2 is 1.74 bits per heavy atom. The number of amides is 4. The zero-order valence-electron chi connectivity index (χ0n) is 31.1. The van der Waals surface area contributed by atoms with Gasteiger partial charge in [0, 0.05) is 34.2 Å². The number of benzene rings is 1. The minimum absolute atomic E-state index is 0.00400. The van der Waals surface area contributed by atoms with Crippen LogP contribution in [0.25, 0.3) is 0 Å². The van der Waals surface area contributed by atoms with Crippen molar-refractivity contribution in [3.05, 3.63) is 35.9 Å². The van der Waals surface area contributed by atoms with E-state index in [4.69, 9.17) is 9.47 Å². The maximum absolute atomic E-state index is 14.0. The highest BCUT2D eigenvalue weighted by molar-refractivity contribution is 5.90. The molecular formula is C37H59N5O8. The van der Waals surface area contributed by atoms with Gasteiger partial charge in [-0.3, -0.25) is 24.1 Å². The number of ether oxygens (including phenoxy) is 2. The van der Waals surface area contributed by atoms with Gasteiger partial charge in [0.2, 0.25) is 23.6 Å². The van der Waals surface area contributed by atoms with Gasteiger partial charge in [-0.1, -0.05) is 57.5 Å². The summed E-state index contributed by atoms with van der Waals surface area (Å²) in [7, 11) is 6.63. The average molecular weight is 702 g/mol. The van der Waals surface area contributed by atoms with Gasteiger partial charge in [0.1, 0.15) is 6.04 Å². The van der Waals surface area contributed by atoms with Crippen molar-refractivity contribution in [2.45, 2.75) is 109 Å². The number of carbonyl (C=O) groups is 5. The van der Waals surface area contributed by atoms with Crippen molar-refractivity contribution in [3.63, 3.8) is 0 Å². The van der Waals surface area contributed by atoms with E-state index < -0.39 is 53.7 Å². The van der Waals surface area contributed by atoms with E-state index in [9.17, 15) is 29.1 Å². The molecule has 0 radical (unpaired) electrons. The number of methoxy groups -OCH3 is 2. The molecule has 1 aromatic carbocycles. The summed E-state index contributed by atoms with van der Waals surface area (Å²) in [5, 5.41) is 15.3. The van der Waals surface area contributed by atoms with Crippen LogP contribution >= 0.6 is 0 Å². The molecule has 2 saturated heterocycles. The van der Waals surface area contributed by atoms with Crippen molar-refractivity contribution in [1.29, 1.82) is 0 Å². The molecule has 2 aliphatic rings. The third-order valence-corrected chi connectivity index (χ3v) is 11.1. The molecule has 4 amide bonds. The van der Waals surface area contributed by atoms with Crippen LogP contribution in [0.3, 0.4) is 0 Å². The van der Waals surface area contributed by atoms with Gasteiger partial charge in [-0.15, -0.1) is 0 Å². The molecule has 2 heterocycles. The van der Waals surface area contributed by atoms with E-state index in [0.717, 1.165) is 37.8 Å². The third kappa shape index (κ3) is 9.82. The third-order valence-electron chi connectivity index (χ3n) is 11.1. The Bertz CT molecular complexity index is 1310. The Balaban J connectivity index is 1.69. The number of nitrogens with zero attached hydrogens (tertiary/aromatic N) is 3. The summed E-state index contributed by atoms with van der Waals surface area (Å²) in [5.41, 5.74) is 0.136. The van der Waals surface area contributed by atoms with Gasteiger partial charge in [0.15, 0.2) is 0 Å². The fourth-order valence-electron chi connectivity index (χ4n) is 7.53. The zero-order chi connectivity index (χ0) is 37.2. The molecule has 3 rings (SSSR count). The molecule has 2 aliphatic heterocycles. The minimum Gasteiger partial charge on any atom is -0.480 e. The number of likely N-dealkylation sites (tertiary alicyclic amines) is 2. The topological polar surface area (TPSA) is 158 Å². The van der Waals surface area contributed by atoms with E-state index in [1.807, 2.05) is 63.1 Å². The molecule has 0 bridgehead atoms. The summed E-state index contributed by atoms with van der Waals surface area (Å²) < 4.78 is 11.7. The Kier molecular flexibility index (Phi) is 15.2. The molecule has 13 heteroatoms. The van der Waals surface area contributed by atoms with Crippen molar-refractivity contribution in [1.82, 2.24) is 25.3 Å². The first-order chi connectivity index (χ1) is 23.7. The van der Waals surface area contributed by atoms with Crippen LogP contribution in [0, 0.1) is 11.8 Å². The Morgan fingerprint density at radius 3 is 2.30 bits per heavy atom. The smallest absolute Gasteiger partial charge is 0.326 e. The van der Waals surface area contributed by atoms with E-state index in [0.29, 0.717) is 13.0 Å². The lowest BCUT2D eigenvalue weighted by molar-refractivity contribution is -0.147. The van der Waals surface area contributed by atoms with Crippen molar-refractivity contribution in [2.75, 3.05) is 47.9 Å². The van der Waals surface area contributed by atoms with E-state index in [1.165, 1.54) is 14.2 Å². The Hall–Kier alpha value is -3.55. The summed E-state index contributed by atoms with van der Waals surface area (Å²) in [4.78, 5) is 71.3. The predicted octanol–water partition coefficient (Wildman–Crippen LogP) is 2.32. The normalized spacial score (nSPS) is 23.0. The van der Waals surface area contributed by atoms with Crippen LogP contribution in [-0.2, 0) is 39.9 Å². The van der Waals surface area contributed by atoms with E-state index in [-0.39, 0.29) is 43.0 Å². The standard InChI is InChI=1S/C37H59N5O8/c1-9-24(2)32(41(6)31(44)23-38-36(48)37(4)18-14-19-40(37)5)29(49-7)22-30(43)42-20-13-17-28(42)33(50-8)25(3)34(45)39-27(35(46)47)21-26-15-11-10-12-16-26/h10-12,15-16,24-25,27-29,32-33H,9,13-14,17-23H2,1-8H3,(H,38,48)(H,39,45)(H,46,47)/t24-,25+,27-,28-,29?,32-,33?,37-/m0/s1. The van der Waals surface area contributed by atoms with Crippen LogP contribution in [0.2, 0.25) is 0 Å². The van der Waals surface area contributed by atoms with Gasteiger partial charge in [-0.05, 0) is 57.7 Å². The van der Waals surface area contributed by atoms with Gasteiger partial charge in [-0.2, -0.15) is 0 Å². The van der Waals surface area contributed by atoms with Crippen LogP contribution in [0.15, 0.2) is 30.3 Å². The fraction of sp³-hybridized carbons (Fsp3) is 0.703. The van der Waals surface area contributed by atoms with Crippen LogP contribution in [0.5, 0.6) is 0 Å². The van der Waals surface area contributed by atoms with Gasteiger partial charge in [0.05, 0.1) is 48.7 Å². The molecule has 0 saturated carbocycles. The number of nitrogens with one attached hydrogen (secondary N) is 2. The first-order valence-corrected chi connectivity index (χ1v) is 17.9. The highest BCUT2D eigenvalue weighted by atomic mass is 16.5. The number of hydrogen-bond donors (Lipinski definition) is 3. The lowest BCUT2D eigenvalue weighted by Crippen LogP contribution is -2.56. The Labute approximate surface area is 297 Å². The highest BCUT2D eigenvalue weighted by Gasteiger charge is 2.43. The number of likely N-dealkylation sites (N-methyl/N-ethyl adjacent to an activating group) is 2. The average Bonchev–Trinajstić information content (AvgIpc) is 3.73. The molecule has 8 atom stereocenters. The van der Waals surface area contributed by atoms with E-state index >= 15 is 0 Å². The molecule has 50 heavy (non-hydrogen) atoms. The Morgan fingerprint density at radius 1 is 1.06 bits per heavy atom. The summed E-state index contributed by atoms with van der Waals surface area (Å²) >= 11 is 0. The molecule has 0 aromatic heterocycles. The molecule has 2 unspecified atom stereocenters. The largest absolute Gasteiger partial charge is 0.480 e. The summed E-state index contributed by atoms with van der Waals surface area (Å²) in [5.74, 6) is -2.99. The second-order valence-corrected chi connectivity index (χ2v) is 14.2. The molecule has 280 valence electrons. The maximum atomic E-state index is 14.0. The second kappa shape index (κ2) is 18.6.